The molecule has 0 aliphatic carbocycles. The maximum Gasteiger partial charge on any atom is 0.274 e. The third-order valence-corrected chi connectivity index (χ3v) is 4.24. The van der Waals surface area contributed by atoms with Gasteiger partial charge in [-0.05, 0) is 29.3 Å². The highest BCUT2D eigenvalue weighted by Gasteiger charge is 2.16. The van der Waals surface area contributed by atoms with Crippen LogP contribution in [0.25, 0.3) is 0 Å². The summed E-state index contributed by atoms with van der Waals surface area (Å²) < 4.78 is 20.0. The molecular weight excluding hydrogens is 361 g/mol. The van der Waals surface area contributed by atoms with E-state index in [0.29, 0.717) is 5.56 Å². The minimum atomic E-state index is -0.490. The zero-order valence-electron chi connectivity index (χ0n) is 15.6. The Balaban J connectivity index is 1.77. The second kappa shape index (κ2) is 8.47. The van der Waals surface area contributed by atoms with Gasteiger partial charge in [0.2, 0.25) is 0 Å². The molecule has 1 heterocycles. The van der Waals surface area contributed by atoms with Crippen LogP contribution in [0.4, 0.5) is 4.39 Å². The monoisotopic (exact) mass is 381 g/mol. The zero-order chi connectivity index (χ0) is 20.1. The van der Waals surface area contributed by atoms with Crippen LogP contribution in [0.3, 0.4) is 0 Å². The molecule has 1 amide bonds. The van der Waals surface area contributed by atoms with Crippen molar-refractivity contribution in [2.45, 2.75) is 13.1 Å². The smallest absolute Gasteiger partial charge is 0.274 e. The summed E-state index contributed by atoms with van der Waals surface area (Å²) in [5.74, 6) is -0.708. The first-order valence-corrected chi connectivity index (χ1v) is 8.68. The predicted octanol–water partition coefficient (Wildman–Crippen LogP) is 2.71. The molecule has 2 aromatic carbocycles. The van der Waals surface area contributed by atoms with Gasteiger partial charge in [0.05, 0.1) is 13.7 Å². The van der Waals surface area contributed by atoms with E-state index in [0.717, 1.165) is 5.56 Å². The quantitative estimate of drug-likeness (QED) is 0.659. The Morgan fingerprint density at radius 3 is 2.54 bits per heavy atom. The molecule has 0 aliphatic rings. The summed E-state index contributed by atoms with van der Waals surface area (Å²) in [5.41, 5.74) is 1.38. The van der Waals surface area contributed by atoms with Crippen molar-refractivity contribution in [3.63, 3.8) is 0 Å². The first kappa shape index (κ1) is 19.3. The molecule has 0 saturated heterocycles. The maximum absolute atomic E-state index is 13.9. The van der Waals surface area contributed by atoms with Crippen molar-refractivity contribution in [3.05, 3.63) is 93.7 Å². The molecule has 0 spiro atoms. The zero-order valence-corrected chi connectivity index (χ0v) is 15.6. The third kappa shape index (κ3) is 4.43. The SMILES string of the molecule is COc1ccc(CN(C)C(=O)c2ccc(=O)n(Cc3ccccc3)n2)cc1F. The fourth-order valence-corrected chi connectivity index (χ4v) is 2.78. The molecule has 0 aliphatic heterocycles. The highest BCUT2D eigenvalue weighted by Crippen LogP contribution is 2.18. The number of methoxy groups -OCH3 is 1. The summed E-state index contributed by atoms with van der Waals surface area (Å²) >= 11 is 0. The van der Waals surface area contributed by atoms with Crippen LogP contribution in [0.5, 0.6) is 5.75 Å². The number of carbonyl (C=O) groups is 1. The minimum absolute atomic E-state index is 0.145. The Kier molecular flexibility index (Phi) is 5.84. The fourth-order valence-electron chi connectivity index (χ4n) is 2.78. The number of amides is 1. The van der Waals surface area contributed by atoms with Crippen molar-refractivity contribution in [1.29, 1.82) is 0 Å². The second-order valence-corrected chi connectivity index (χ2v) is 6.33. The van der Waals surface area contributed by atoms with Gasteiger partial charge in [0, 0.05) is 19.7 Å². The van der Waals surface area contributed by atoms with E-state index in [-0.39, 0.29) is 36.0 Å². The second-order valence-electron chi connectivity index (χ2n) is 6.33. The van der Waals surface area contributed by atoms with E-state index in [1.165, 1.54) is 41.0 Å². The van der Waals surface area contributed by atoms with Crippen LogP contribution in [-0.4, -0.2) is 34.7 Å². The van der Waals surface area contributed by atoms with Gasteiger partial charge < -0.3 is 9.64 Å². The van der Waals surface area contributed by atoms with Crippen LogP contribution in [-0.2, 0) is 13.1 Å². The number of aromatic nitrogens is 2. The third-order valence-electron chi connectivity index (χ3n) is 4.24. The maximum atomic E-state index is 13.9. The highest BCUT2D eigenvalue weighted by atomic mass is 19.1. The first-order chi connectivity index (χ1) is 13.5. The van der Waals surface area contributed by atoms with E-state index in [1.54, 1.807) is 13.1 Å². The summed E-state index contributed by atoms with van der Waals surface area (Å²) in [6.45, 7) is 0.466. The lowest BCUT2D eigenvalue weighted by atomic mass is 10.2. The van der Waals surface area contributed by atoms with Gasteiger partial charge in [-0.3, -0.25) is 9.59 Å². The molecule has 0 fully saturated rings. The minimum Gasteiger partial charge on any atom is -0.494 e. The summed E-state index contributed by atoms with van der Waals surface area (Å²) in [5, 5.41) is 4.19. The van der Waals surface area contributed by atoms with E-state index in [4.69, 9.17) is 4.74 Å². The van der Waals surface area contributed by atoms with Gasteiger partial charge >= 0.3 is 0 Å². The number of ether oxygens (including phenoxy) is 1. The van der Waals surface area contributed by atoms with Gasteiger partial charge in [-0.1, -0.05) is 36.4 Å². The lowest BCUT2D eigenvalue weighted by Gasteiger charge is -2.17. The van der Waals surface area contributed by atoms with Gasteiger partial charge in [-0.2, -0.15) is 5.10 Å². The molecule has 28 heavy (non-hydrogen) atoms. The lowest BCUT2D eigenvalue weighted by molar-refractivity contribution is 0.0776. The standard InChI is InChI=1S/C21H20FN3O3/c1-24(13-16-8-10-19(28-2)17(22)12-16)21(27)18-9-11-20(26)25(23-18)14-15-6-4-3-5-7-15/h3-12H,13-14H2,1-2H3. The Morgan fingerprint density at radius 1 is 1.11 bits per heavy atom. The molecule has 1 aromatic heterocycles. The number of halogens is 1. The van der Waals surface area contributed by atoms with Crippen LogP contribution in [0.1, 0.15) is 21.6 Å². The number of hydrogen-bond donors (Lipinski definition) is 0. The molecule has 0 bridgehead atoms. The number of carbonyl (C=O) groups excluding carboxylic acids is 1. The largest absolute Gasteiger partial charge is 0.494 e. The normalized spacial score (nSPS) is 10.5. The topological polar surface area (TPSA) is 64.4 Å². The van der Waals surface area contributed by atoms with Crippen LogP contribution in [0.2, 0.25) is 0 Å². The van der Waals surface area contributed by atoms with Crippen molar-refractivity contribution in [1.82, 2.24) is 14.7 Å². The van der Waals surface area contributed by atoms with Crippen LogP contribution in [0, 0.1) is 5.82 Å². The van der Waals surface area contributed by atoms with E-state index < -0.39 is 5.82 Å². The van der Waals surface area contributed by atoms with E-state index in [1.807, 2.05) is 30.3 Å². The predicted molar refractivity (Wildman–Crippen MR) is 103 cm³/mol. The van der Waals surface area contributed by atoms with Crippen LogP contribution >= 0.6 is 0 Å². The van der Waals surface area contributed by atoms with E-state index in [2.05, 4.69) is 5.10 Å². The first-order valence-electron chi connectivity index (χ1n) is 8.68. The Labute approximate surface area is 161 Å². The average molecular weight is 381 g/mol. The highest BCUT2D eigenvalue weighted by molar-refractivity contribution is 5.91. The van der Waals surface area contributed by atoms with Crippen molar-refractivity contribution < 1.29 is 13.9 Å². The van der Waals surface area contributed by atoms with Gasteiger partial charge in [0.1, 0.15) is 5.69 Å². The van der Waals surface area contributed by atoms with Crippen LogP contribution < -0.4 is 10.3 Å². The fraction of sp³-hybridized carbons (Fsp3) is 0.190. The van der Waals surface area contributed by atoms with Gasteiger partial charge in [0.25, 0.3) is 11.5 Å². The average Bonchev–Trinajstić information content (AvgIpc) is 2.70. The lowest BCUT2D eigenvalue weighted by Crippen LogP contribution is -2.31. The Morgan fingerprint density at radius 2 is 1.86 bits per heavy atom. The molecule has 3 rings (SSSR count). The molecule has 144 valence electrons. The van der Waals surface area contributed by atoms with Crippen molar-refractivity contribution >= 4 is 5.91 Å². The molecule has 0 saturated carbocycles. The van der Waals surface area contributed by atoms with Crippen molar-refractivity contribution in [2.24, 2.45) is 0 Å². The molecule has 0 radical (unpaired) electrons. The van der Waals surface area contributed by atoms with E-state index in [9.17, 15) is 14.0 Å². The molecule has 7 heteroatoms. The van der Waals surface area contributed by atoms with Crippen LogP contribution in [0.15, 0.2) is 65.5 Å². The van der Waals surface area contributed by atoms with Gasteiger partial charge in [-0.15, -0.1) is 0 Å². The number of hydrogen-bond acceptors (Lipinski definition) is 4. The molecule has 6 nitrogen and oxygen atoms in total. The van der Waals surface area contributed by atoms with Crippen molar-refractivity contribution in [3.8, 4) is 5.75 Å². The van der Waals surface area contributed by atoms with Gasteiger partial charge in [-0.25, -0.2) is 9.07 Å². The Bertz CT molecular complexity index is 1030. The number of benzene rings is 2. The molecular formula is C21H20FN3O3. The summed E-state index contributed by atoms with van der Waals surface area (Å²) in [7, 11) is 2.99. The van der Waals surface area contributed by atoms with Gasteiger partial charge in [0.15, 0.2) is 11.6 Å². The van der Waals surface area contributed by atoms with E-state index >= 15 is 0 Å². The number of rotatable bonds is 6. The summed E-state index contributed by atoms with van der Waals surface area (Å²) in [4.78, 5) is 26.2. The molecule has 0 N–H and O–H groups in total. The van der Waals surface area contributed by atoms with Crippen molar-refractivity contribution in [2.75, 3.05) is 14.2 Å². The molecule has 3 aromatic rings. The number of nitrogens with zero attached hydrogens (tertiary/aromatic N) is 3. The summed E-state index contributed by atoms with van der Waals surface area (Å²) in [6, 6.07) is 16.6. The Hall–Kier alpha value is -3.48. The summed E-state index contributed by atoms with van der Waals surface area (Å²) in [6.07, 6.45) is 0. The molecule has 0 atom stereocenters. The molecule has 0 unspecified atom stereocenters.